The molecule has 0 spiro atoms. The molecular weight excluding hydrogens is 644 g/mol. The minimum Gasteiger partial charge on any atom is -0.480 e. The molecule has 2 heterocycles. The first kappa shape index (κ1) is 34.8. The summed E-state index contributed by atoms with van der Waals surface area (Å²) < 4.78 is 145. The number of anilines is 1. The SMILES string of the molecule is CC(C)(NP(=O)(CO[C@@H](Cn1cnc2c(N)ncnc21)C(F)(F)F)N[C@H](c1ccc(OC(F)(F)F)cc1)C(F)(F)F)C(=O)O. The molecule has 244 valence electrons. The van der Waals surface area contributed by atoms with E-state index >= 15 is 0 Å². The van der Waals surface area contributed by atoms with Gasteiger partial charge in [-0.25, -0.2) is 25.1 Å². The van der Waals surface area contributed by atoms with E-state index in [4.69, 9.17) is 10.5 Å². The van der Waals surface area contributed by atoms with Gasteiger partial charge in [0.05, 0.1) is 12.9 Å². The van der Waals surface area contributed by atoms with Crippen LogP contribution in [0.5, 0.6) is 5.75 Å². The number of halogens is 9. The zero-order chi connectivity index (χ0) is 33.3. The van der Waals surface area contributed by atoms with E-state index in [0.29, 0.717) is 24.3 Å². The third kappa shape index (κ3) is 8.93. The normalized spacial score (nSPS) is 16.0. The monoisotopic (exact) mass is 667 g/mol. The van der Waals surface area contributed by atoms with Gasteiger partial charge in [0.2, 0.25) is 7.44 Å². The number of hydrogen-bond donors (Lipinski definition) is 4. The van der Waals surface area contributed by atoms with E-state index in [9.17, 15) is 54.0 Å². The number of aliphatic carboxylic acids is 1. The number of carbonyl (C=O) groups is 1. The van der Waals surface area contributed by atoms with Gasteiger partial charge in [-0.15, -0.1) is 13.2 Å². The number of ether oxygens (including phenoxy) is 2. The van der Waals surface area contributed by atoms with Crippen LogP contribution in [0.25, 0.3) is 11.2 Å². The van der Waals surface area contributed by atoms with Gasteiger partial charge in [-0.05, 0) is 31.5 Å². The Balaban J connectivity index is 1.96. The molecule has 5 N–H and O–H groups in total. The van der Waals surface area contributed by atoms with Crippen molar-refractivity contribution in [3.05, 3.63) is 42.5 Å². The number of aromatic nitrogens is 4. The van der Waals surface area contributed by atoms with Crippen LogP contribution < -0.4 is 20.6 Å². The lowest BCUT2D eigenvalue weighted by Gasteiger charge is -2.34. The molecule has 0 saturated carbocycles. The van der Waals surface area contributed by atoms with E-state index in [-0.39, 0.29) is 17.0 Å². The highest BCUT2D eigenvalue weighted by atomic mass is 31.2. The van der Waals surface area contributed by atoms with Crippen molar-refractivity contribution in [2.24, 2.45) is 0 Å². The van der Waals surface area contributed by atoms with Gasteiger partial charge in [-0.3, -0.25) is 9.36 Å². The van der Waals surface area contributed by atoms with Crippen molar-refractivity contribution in [2.75, 3.05) is 12.1 Å². The Morgan fingerprint density at radius 2 is 1.64 bits per heavy atom. The lowest BCUT2D eigenvalue weighted by molar-refractivity contribution is -0.274. The molecular formula is C22H23F9N7O5P. The molecule has 3 atom stereocenters. The highest BCUT2D eigenvalue weighted by Crippen LogP contribution is 2.47. The van der Waals surface area contributed by atoms with E-state index in [1.54, 1.807) is 5.09 Å². The number of rotatable bonds is 12. The number of nitrogens with zero attached hydrogens (tertiary/aromatic N) is 4. The highest BCUT2D eigenvalue weighted by molar-refractivity contribution is 7.59. The highest BCUT2D eigenvalue weighted by Gasteiger charge is 2.48. The van der Waals surface area contributed by atoms with Crippen LogP contribution in [0.2, 0.25) is 0 Å². The smallest absolute Gasteiger partial charge is 0.480 e. The summed E-state index contributed by atoms with van der Waals surface area (Å²) in [5.41, 5.74) is 2.28. The molecule has 0 bridgehead atoms. The van der Waals surface area contributed by atoms with Gasteiger partial charge >= 0.3 is 24.7 Å². The van der Waals surface area contributed by atoms with Crippen LogP contribution in [0.15, 0.2) is 36.9 Å². The maximum absolute atomic E-state index is 14.1. The maximum atomic E-state index is 14.1. The number of hydrogen-bond acceptors (Lipinski definition) is 8. The maximum Gasteiger partial charge on any atom is 0.573 e. The van der Waals surface area contributed by atoms with Gasteiger partial charge in [0.15, 0.2) is 17.6 Å². The van der Waals surface area contributed by atoms with Crippen molar-refractivity contribution in [1.82, 2.24) is 29.7 Å². The Hall–Kier alpha value is -3.68. The first-order valence-electron chi connectivity index (χ1n) is 11.9. The lowest BCUT2D eigenvalue weighted by atomic mass is 10.1. The number of nitrogen functional groups attached to an aromatic ring is 1. The number of carboxylic acids is 1. The number of carboxylic acid groups (broad SMARTS) is 1. The number of imidazole rings is 1. The van der Waals surface area contributed by atoms with Crippen LogP contribution in [0.4, 0.5) is 45.3 Å². The molecule has 0 saturated heterocycles. The minimum absolute atomic E-state index is 0.0645. The molecule has 22 heteroatoms. The summed E-state index contributed by atoms with van der Waals surface area (Å²) in [7, 11) is -5.13. The molecule has 44 heavy (non-hydrogen) atoms. The Kier molecular flexibility index (Phi) is 9.79. The molecule has 1 unspecified atom stereocenters. The van der Waals surface area contributed by atoms with E-state index in [1.807, 2.05) is 5.09 Å². The zero-order valence-corrected chi connectivity index (χ0v) is 23.2. The van der Waals surface area contributed by atoms with Crippen LogP contribution >= 0.6 is 7.44 Å². The molecule has 3 rings (SSSR count). The fraction of sp³-hybridized carbons (Fsp3) is 0.455. The summed E-state index contributed by atoms with van der Waals surface area (Å²) in [4.78, 5) is 22.9. The van der Waals surface area contributed by atoms with Crippen molar-refractivity contribution >= 4 is 30.4 Å². The third-order valence-corrected chi connectivity index (χ3v) is 7.83. The summed E-state index contributed by atoms with van der Waals surface area (Å²) in [6.07, 6.45) is -18.4. The number of fused-ring (bicyclic) bond motifs is 1. The predicted molar refractivity (Wildman–Crippen MR) is 133 cm³/mol. The van der Waals surface area contributed by atoms with Crippen LogP contribution in [-0.2, 0) is 20.6 Å². The number of nitrogens with two attached hydrogens (primary N) is 1. The summed E-state index contributed by atoms with van der Waals surface area (Å²) in [6, 6.07) is -0.878. The van der Waals surface area contributed by atoms with Crippen molar-refractivity contribution in [1.29, 1.82) is 0 Å². The van der Waals surface area contributed by atoms with Crippen LogP contribution in [-0.4, -0.2) is 67.3 Å². The van der Waals surface area contributed by atoms with Gasteiger partial charge < -0.3 is 24.9 Å². The van der Waals surface area contributed by atoms with Crippen LogP contribution in [0.3, 0.4) is 0 Å². The van der Waals surface area contributed by atoms with Crippen molar-refractivity contribution in [3.63, 3.8) is 0 Å². The zero-order valence-electron chi connectivity index (χ0n) is 22.3. The average molecular weight is 667 g/mol. The lowest BCUT2D eigenvalue weighted by Crippen LogP contribution is -2.49. The van der Waals surface area contributed by atoms with Crippen molar-refractivity contribution in [3.8, 4) is 5.75 Å². The van der Waals surface area contributed by atoms with Crippen LogP contribution in [0, 0.1) is 0 Å². The number of alkyl halides is 9. The summed E-state index contributed by atoms with van der Waals surface area (Å²) in [5.74, 6) is -2.81. The molecule has 0 radical (unpaired) electrons. The fourth-order valence-corrected chi connectivity index (χ4v) is 5.97. The Bertz CT molecular complexity index is 1510. The van der Waals surface area contributed by atoms with Gasteiger partial charge in [-0.1, -0.05) is 12.1 Å². The molecule has 0 aliphatic heterocycles. The van der Waals surface area contributed by atoms with Crippen LogP contribution in [0.1, 0.15) is 25.5 Å². The average Bonchev–Trinajstić information content (AvgIpc) is 3.27. The third-order valence-electron chi connectivity index (χ3n) is 5.72. The molecule has 0 amide bonds. The van der Waals surface area contributed by atoms with Gasteiger partial charge in [-0.2, -0.15) is 26.3 Å². The fourth-order valence-electron chi connectivity index (χ4n) is 3.67. The predicted octanol–water partition coefficient (Wildman–Crippen LogP) is 4.75. The van der Waals surface area contributed by atoms with Crippen molar-refractivity contribution < 1.29 is 63.5 Å². The molecule has 0 aliphatic rings. The van der Waals surface area contributed by atoms with Gasteiger partial charge in [0, 0.05) is 0 Å². The molecule has 1 aromatic carbocycles. The van der Waals surface area contributed by atoms with E-state index in [0.717, 1.165) is 31.1 Å². The molecule has 2 aromatic heterocycles. The number of nitrogens with one attached hydrogen (secondary N) is 2. The van der Waals surface area contributed by atoms with Gasteiger partial charge in [0.25, 0.3) is 0 Å². The second-order valence-electron chi connectivity index (χ2n) is 9.66. The molecule has 0 fully saturated rings. The molecule has 12 nitrogen and oxygen atoms in total. The number of benzene rings is 1. The Morgan fingerprint density at radius 3 is 2.16 bits per heavy atom. The van der Waals surface area contributed by atoms with E-state index in [2.05, 4.69) is 19.7 Å². The molecule has 0 aliphatic carbocycles. The Labute approximate surface area is 241 Å². The topological polar surface area (TPSA) is 167 Å². The van der Waals surface area contributed by atoms with Crippen molar-refractivity contribution in [2.45, 2.75) is 56.8 Å². The second kappa shape index (κ2) is 12.4. The molecule has 3 aromatic rings. The summed E-state index contributed by atoms with van der Waals surface area (Å²) in [6.45, 7) is 0.652. The first-order valence-corrected chi connectivity index (χ1v) is 13.8. The largest absolute Gasteiger partial charge is 0.573 e. The first-order chi connectivity index (χ1) is 20.0. The van der Waals surface area contributed by atoms with E-state index in [1.165, 1.54) is 0 Å². The Morgan fingerprint density at radius 1 is 1.02 bits per heavy atom. The minimum atomic E-state index is -5.35. The summed E-state index contributed by atoms with van der Waals surface area (Å²) >= 11 is 0. The standard InChI is InChI=1S/C22H23F9N7O5P/c1-19(2,18(39)40)37-44(41,36-15(21(26,27)28)11-3-5-12(6-4-11)43-22(29,30)31)10-42-13(20(23,24)25)7-38-9-35-14-16(32)33-8-34-17(14)38/h3-6,8-9,13,15H,7,10H2,1-2H3,(H,39,40)(H2,32,33,34)(H2,36,37,41)/t13-,15+,44?/m0/s1. The van der Waals surface area contributed by atoms with Gasteiger partial charge in [0.1, 0.15) is 35.5 Å². The quantitative estimate of drug-likeness (QED) is 0.156. The van der Waals surface area contributed by atoms with E-state index < -0.39 is 74.0 Å². The second-order valence-corrected chi connectivity index (χ2v) is 11.9. The summed E-state index contributed by atoms with van der Waals surface area (Å²) in [5, 5.41) is 13.0.